The van der Waals surface area contributed by atoms with Crippen molar-refractivity contribution < 1.29 is 19.4 Å². The maximum absolute atomic E-state index is 11.5. The van der Waals surface area contributed by atoms with Crippen LogP contribution in [0.25, 0.3) is 44.6 Å². The summed E-state index contributed by atoms with van der Waals surface area (Å²) >= 11 is 0. The van der Waals surface area contributed by atoms with Crippen molar-refractivity contribution in [3.05, 3.63) is 101 Å². The largest absolute Gasteiger partial charge is 0.481 e. The maximum atomic E-state index is 11.5. The Hall–Kier alpha value is -5.67. The lowest BCUT2D eigenvalue weighted by molar-refractivity contribution is -0.141. The molecule has 2 aliphatic rings. The minimum absolute atomic E-state index is 0.218. The number of hydrogen-bond donors (Lipinski definition) is 3. The summed E-state index contributed by atoms with van der Waals surface area (Å²) in [5.41, 5.74) is 10.2. The molecular formula is C42H41N7O4. The van der Waals surface area contributed by atoms with Crippen molar-refractivity contribution in [3.8, 4) is 28.7 Å². The van der Waals surface area contributed by atoms with E-state index in [0.717, 1.165) is 88.0 Å². The van der Waals surface area contributed by atoms with Gasteiger partial charge in [0.15, 0.2) is 11.4 Å². The molecule has 2 atom stereocenters. The summed E-state index contributed by atoms with van der Waals surface area (Å²) in [7, 11) is 0. The molecule has 5 heterocycles. The van der Waals surface area contributed by atoms with E-state index in [2.05, 4.69) is 58.2 Å². The quantitative estimate of drug-likeness (QED) is 0.137. The van der Waals surface area contributed by atoms with E-state index in [0.29, 0.717) is 54.4 Å². The number of hydrogen-bond acceptors (Lipinski definition) is 10. The number of aliphatic hydroxyl groups excluding tert-OH is 1. The predicted molar refractivity (Wildman–Crippen MR) is 204 cm³/mol. The second-order valence-electron chi connectivity index (χ2n) is 14.3. The average Bonchev–Trinajstić information content (AvgIpc) is 3.92. The number of benzene rings is 3. The number of nitrogens with one attached hydrogen (secondary N) is 1. The zero-order valence-electron chi connectivity index (χ0n) is 29.8. The first-order valence-electron chi connectivity index (χ1n) is 18.1. The molecule has 0 bridgehead atoms. The summed E-state index contributed by atoms with van der Waals surface area (Å²) in [6.07, 6.45) is 5.85. The van der Waals surface area contributed by atoms with Gasteiger partial charge in [0, 0.05) is 61.8 Å². The Morgan fingerprint density at radius 3 is 2.53 bits per heavy atom. The number of aliphatic carboxylic acids is 1. The molecule has 0 spiro atoms. The Balaban J connectivity index is 1.05. The van der Waals surface area contributed by atoms with Crippen LogP contribution in [0.5, 0.6) is 0 Å². The Kier molecular flexibility index (Phi) is 9.35. The standard InChI is InChI=1S/C42H41N7O4/c1-25-33(5-3-7-35(25)41-47-37-19-28(18-31(20-43)39(37)53-41)22-49-15-11-30(23-49)42(51)52)34-6-4-8-36(26(34)2)46-40-38-29(9-13-44-40)17-27(21-45-38)10-14-48-16-12-32(50)24-48/h3-9,13,17-19,21,30,32,50H,10-12,14-16,22-24H2,1-2H3,(H,44,46)(H,51,52). The number of rotatable bonds is 10. The number of anilines is 2. The number of nitrogens with zero attached hydrogens (tertiary/aromatic N) is 6. The summed E-state index contributed by atoms with van der Waals surface area (Å²) in [5, 5.41) is 33.9. The van der Waals surface area contributed by atoms with Crippen molar-refractivity contribution in [1.82, 2.24) is 24.8 Å². The van der Waals surface area contributed by atoms with Crippen LogP contribution in [0.4, 0.5) is 11.5 Å². The molecule has 2 aliphatic heterocycles. The lowest BCUT2D eigenvalue weighted by atomic mass is 9.93. The van der Waals surface area contributed by atoms with Crippen LogP contribution in [0.15, 0.2) is 77.5 Å². The normalized spacial score (nSPS) is 17.8. The van der Waals surface area contributed by atoms with Gasteiger partial charge in [-0.05, 0) is 109 Å². The molecule has 0 amide bonds. The van der Waals surface area contributed by atoms with Crippen LogP contribution in [0.3, 0.4) is 0 Å². The Morgan fingerprint density at radius 1 is 0.962 bits per heavy atom. The molecule has 8 rings (SSSR count). The maximum Gasteiger partial charge on any atom is 0.307 e. The molecule has 2 fully saturated rings. The molecule has 11 heteroatoms. The first-order valence-corrected chi connectivity index (χ1v) is 18.1. The van der Waals surface area contributed by atoms with E-state index in [1.54, 1.807) is 0 Å². The van der Waals surface area contributed by atoms with Crippen molar-refractivity contribution >= 4 is 39.5 Å². The molecule has 0 saturated carbocycles. The molecule has 53 heavy (non-hydrogen) atoms. The fraction of sp³-hybridized carbons (Fsp3) is 0.310. The molecule has 6 aromatic rings. The van der Waals surface area contributed by atoms with E-state index in [9.17, 15) is 20.3 Å². The zero-order valence-corrected chi connectivity index (χ0v) is 29.8. The number of carboxylic acid groups (broad SMARTS) is 1. The number of carboxylic acids is 1. The molecular weight excluding hydrogens is 667 g/mol. The molecule has 268 valence electrons. The van der Waals surface area contributed by atoms with Gasteiger partial charge in [-0.1, -0.05) is 24.3 Å². The van der Waals surface area contributed by atoms with Gasteiger partial charge < -0.3 is 24.8 Å². The number of β-amino-alcohol motifs (C(OH)–C–C–N with tert-alkyl or cyclic N) is 1. The highest BCUT2D eigenvalue weighted by atomic mass is 16.4. The van der Waals surface area contributed by atoms with Gasteiger partial charge in [-0.3, -0.25) is 14.7 Å². The van der Waals surface area contributed by atoms with Crippen LogP contribution in [-0.2, 0) is 17.8 Å². The second-order valence-corrected chi connectivity index (χ2v) is 14.3. The van der Waals surface area contributed by atoms with Gasteiger partial charge in [0.2, 0.25) is 5.89 Å². The van der Waals surface area contributed by atoms with E-state index in [1.165, 1.54) is 0 Å². The van der Waals surface area contributed by atoms with Crippen LogP contribution in [0, 0.1) is 31.1 Å². The number of carbonyl (C=O) groups is 1. The predicted octanol–water partition coefficient (Wildman–Crippen LogP) is 6.85. The van der Waals surface area contributed by atoms with E-state index in [1.807, 2.05) is 54.9 Å². The van der Waals surface area contributed by atoms with E-state index >= 15 is 0 Å². The van der Waals surface area contributed by atoms with Crippen molar-refractivity contribution in [2.45, 2.75) is 45.8 Å². The summed E-state index contributed by atoms with van der Waals surface area (Å²) in [4.78, 5) is 30.2. The number of pyridine rings is 2. The van der Waals surface area contributed by atoms with Crippen molar-refractivity contribution in [3.63, 3.8) is 0 Å². The van der Waals surface area contributed by atoms with Gasteiger partial charge in [0.05, 0.1) is 17.6 Å². The fourth-order valence-electron chi connectivity index (χ4n) is 7.80. The lowest BCUT2D eigenvalue weighted by Crippen LogP contribution is -2.24. The van der Waals surface area contributed by atoms with Crippen molar-refractivity contribution in [1.29, 1.82) is 5.26 Å². The number of fused-ring (bicyclic) bond motifs is 2. The lowest BCUT2D eigenvalue weighted by Gasteiger charge is -2.17. The zero-order chi connectivity index (χ0) is 36.6. The highest BCUT2D eigenvalue weighted by Crippen LogP contribution is 2.38. The molecule has 3 aromatic heterocycles. The topological polar surface area (TPSA) is 152 Å². The van der Waals surface area contributed by atoms with Crippen LogP contribution in [0.2, 0.25) is 0 Å². The SMILES string of the molecule is Cc1c(Nc2nccc3cc(CCN4CCC(O)C4)cnc23)cccc1-c1cccc(-c2nc3cc(CN4CCC(C(=O)O)C4)cc(C#N)c3o2)c1C. The monoisotopic (exact) mass is 707 g/mol. The highest BCUT2D eigenvalue weighted by molar-refractivity contribution is 5.91. The fourth-order valence-corrected chi connectivity index (χ4v) is 7.80. The van der Waals surface area contributed by atoms with Crippen molar-refractivity contribution in [2.24, 2.45) is 5.92 Å². The summed E-state index contributed by atoms with van der Waals surface area (Å²) in [6.45, 7) is 8.46. The van der Waals surface area contributed by atoms with Gasteiger partial charge in [0.25, 0.3) is 0 Å². The molecule has 2 unspecified atom stereocenters. The van der Waals surface area contributed by atoms with Crippen molar-refractivity contribution in [2.75, 3.05) is 38.0 Å². The minimum Gasteiger partial charge on any atom is -0.481 e. The van der Waals surface area contributed by atoms with E-state index in [4.69, 9.17) is 14.4 Å². The van der Waals surface area contributed by atoms with E-state index < -0.39 is 5.97 Å². The number of aliphatic hydroxyl groups is 1. The molecule has 3 aromatic carbocycles. The third-order valence-corrected chi connectivity index (χ3v) is 10.8. The van der Waals surface area contributed by atoms with Gasteiger partial charge in [-0.25, -0.2) is 9.97 Å². The number of aromatic nitrogens is 3. The second kappa shape index (κ2) is 14.4. The van der Waals surface area contributed by atoms with Crippen LogP contribution >= 0.6 is 0 Å². The number of oxazole rings is 1. The third kappa shape index (κ3) is 6.97. The summed E-state index contributed by atoms with van der Waals surface area (Å²) in [5.74, 6) is -0.00232. The molecule has 2 saturated heterocycles. The minimum atomic E-state index is -0.766. The Bertz CT molecular complexity index is 2400. The van der Waals surface area contributed by atoms with Gasteiger partial charge in [-0.2, -0.15) is 5.26 Å². The molecule has 0 aliphatic carbocycles. The highest BCUT2D eigenvalue weighted by Gasteiger charge is 2.28. The average molecular weight is 708 g/mol. The summed E-state index contributed by atoms with van der Waals surface area (Å²) in [6, 6.07) is 22.4. The molecule has 3 N–H and O–H groups in total. The van der Waals surface area contributed by atoms with Crippen LogP contribution in [-0.4, -0.2) is 79.8 Å². The molecule has 0 radical (unpaired) electrons. The van der Waals surface area contributed by atoms with Crippen LogP contribution in [0.1, 0.15) is 40.7 Å². The Morgan fingerprint density at radius 2 is 1.75 bits per heavy atom. The summed E-state index contributed by atoms with van der Waals surface area (Å²) < 4.78 is 6.28. The van der Waals surface area contributed by atoms with Gasteiger partial charge in [-0.15, -0.1) is 0 Å². The number of likely N-dealkylation sites (tertiary alicyclic amines) is 2. The number of nitriles is 1. The first-order chi connectivity index (χ1) is 25.7. The third-order valence-electron chi connectivity index (χ3n) is 10.8. The van der Waals surface area contributed by atoms with Crippen LogP contribution < -0.4 is 5.32 Å². The molecule has 11 nitrogen and oxygen atoms in total. The van der Waals surface area contributed by atoms with E-state index in [-0.39, 0.29) is 12.0 Å². The van der Waals surface area contributed by atoms with Gasteiger partial charge >= 0.3 is 5.97 Å². The first kappa shape index (κ1) is 34.4. The van der Waals surface area contributed by atoms with Gasteiger partial charge in [0.1, 0.15) is 17.1 Å². The smallest absolute Gasteiger partial charge is 0.307 e. The Labute approximate surface area is 307 Å².